The van der Waals surface area contributed by atoms with E-state index < -0.39 is 12.2 Å². The zero-order chi connectivity index (χ0) is 13.1. The molecule has 0 saturated heterocycles. The Morgan fingerprint density at radius 1 is 1.44 bits per heavy atom. The Hall–Kier alpha value is -1.52. The molecule has 5 heteroatoms. The van der Waals surface area contributed by atoms with Crippen molar-refractivity contribution < 1.29 is 9.84 Å². The third-order valence-electron chi connectivity index (χ3n) is 2.69. The molecule has 0 fully saturated rings. The molecule has 0 aliphatic carbocycles. The van der Waals surface area contributed by atoms with Crippen molar-refractivity contribution in [1.29, 1.82) is 0 Å². The van der Waals surface area contributed by atoms with Crippen LogP contribution in [0, 0.1) is 0 Å². The fourth-order valence-electron chi connectivity index (χ4n) is 1.69. The molecule has 0 bridgehead atoms. The molecule has 18 heavy (non-hydrogen) atoms. The van der Waals surface area contributed by atoms with Crippen molar-refractivity contribution in [3.8, 4) is 5.75 Å². The lowest BCUT2D eigenvalue weighted by Gasteiger charge is -2.20. The summed E-state index contributed by atoms with van der Waals surface area (Å²) in [4.78, 5) is 4.10. The van der Waals surface area contributed by atoms with E-state index in [1.807, 2.05) is 7.05 Å². The summed E-state index contributed by atoms with van der Waals surface area (Å²) in [5.41, 5.74) is 0. The van der Waals surface area contributed by atoms with Crippen LogP contribution in [0.1, 0.15) is 18.9 Å². The van der Waals surface area contributed by atoms with E-state index in [9.17, 15) is 5.11 Å². The zero-order valence-corrected chi connectivity index (χ0v) is 11.0. The van der Waals surface area contributed by atoms with E-state index in [0.29, 0.717) is 16.6 Å². The van der Waals surface area contributed by atoms with Crippen LogP contribution in [0.2, 0.25) is 5.02 Å². The number of aryl methyl sites for hydroxylation is 1. The average molecular weight is 267 g/mol. The van der Waals surface area contributed by atoms with Gasteiger partial charge in [0, 0.05) is 24.5 Å². The largest absolute Gasteiger partial charge is 0.487 e. The highest BCUT2D eigenvalue weighted by molar-refractivity contribution is 6.30. The summed E-state index contributed by atoms with van der Waals surface area (Å²) >= 11 is 5.87. The molecule has 0 aliphatic rings. The maximum absolute atomic E-state index is 10.1. The van der Waals surface area contributed by atoms with Gasteiger partial charge in [0.15, 0.2) is 0 Å². The van der Waals surface area contributed by atoms with E-state index in [0.717, 1.165) is 0 Å². The van der Waals surface area contributed by atoms with Crippen LogP contribution in [0.4, 0.5) is 0 Å². The molecule has 1 heterocycles. The van der Waals surface area contributed by atoms with Crippen molar-refractivity contribution in [2.75, 3.05) is 0 Å². The molecule has 0 radical (unpaired) electrons. The standard InChI is InChI=1S/C13H15ClN2O2/c1-9(12(17)13-15-6-7-16(13)2)18-11-5-3-4-10(14)8-11/h3-9,12,17H,1-2H3. The van der Waals surface area contributed by atoms with E-state index in [-0.39, 0.29) is 0 Å². The Bertz CT molecular complexity index is 527. The van der Waals surface area contributed by atoms with Gasteiger partial charge in [0.2, 0.25) is 0 Å². The Morgan fingerprint density at radius 3 is 2.83 bits per heavy atom. The first kappa shape index (κ1) is 12.9. The van der Waals surface area contributed by atoms with E-state index in [4.69, 9.17) is 16.3 Å². The van der Waals surface area contributed by atoms with Crippen LogP contribution >= 0.6 is 11.6 Å². The van der Waals surface area contributed by atoms with Crippen LogP contribution in [0.15, 0.2) is 36.7 Å². The van der Waals surface area contributed by atoms with Crippen LogP contribution in [0.25, 0.3) is 0 Å². The summed E-state index contributed by atoms with van der Waals surface area (Å²) in [7, 11) is 1.83. The van der Waals surface area contributed by atoms with Crippen molar-refractivity contribution in [3.05, 3.63) is 47.5 Å². The third kappa shape index (κ3) is 2.83. The predicted molar refractivity (Wildman–Crippen MR) is 69.7 cm³/mol. The summed E-state index contributed by atoms with van der Waals surface area (Å²) < 4.78 is 7.41. The number of benzene rings is 1. The highest BCUT2D eigenvalue weighted by Gasteiger charge is 2.21. The quantitative estimate of drug-likeness (QED) is 0.925. The molecular weight excluding hydrogens is 252 g/mol. The van der Waals surface area contributed by atoms with Gasteiger partial charge in [-0.3, -0.25) is 0 Å². The summed E-state index contributed by atoms with van der Waals surface area (Å²) in [6, 6.07) is 7.09. The Balaban J connectivity index is 2.08. The van der Waals surface area contributed by atoms with Crippen molar-refractivity contribution in [1.82, 2.24) is 9.55 Å². The van der Waals surface area contributed by atoms with Gasteiger partial charge in [0.25, 0.3) is 0 Å². The molecule has 2 unspecified atom stereocenters. The van der Waals surface area contributed by atoms with Gasteiger partial charge in [-0.1, -0.05) is 17.7 Å². The highest BCUT2D eigenvalue weighted by Crippen LogP contribution is 2.22. The normalized spacial score (nSPS) is 14.2. The van der Waals surface area contributed by atoms with Gasteiger partial charge in [-0.25, -0.2) is 4.98 Å². The minimum atomic E-state index is -0.788. The summed E-state index contributed by atoms with van der Waals surface area (Å²) in [5, 5.41) is 10.8. The highest BCUT2D eigenvalue weighted by atomic mass is 35.5. The van der Waals surface area contributed by atoms with E-state index in [1.165, 1.54) is 0 Å². The predicted octanol–water partition coefficient (Wildman–Crippen LogP) is 2.57. The lowest BCUT2D eigenvalue weighted by atomic mass is 10.2. The minimum Gasteiger partial charge on any atom is -0.487 e. The molecule has 1 aromatic carbocycles. The Labute approximate surface area is 111 Å². The van der Waals surface area contributed by atoms with Crippen LogP contribution in [-0.2, 0) is 7.05 Å². The van der Waals surface area contributed by atoms with Crippen molar-refractivity contribution >= 4 is 11.6 Å². The molecule has 96 valence electrons. The fourth-order valence-corrected chi connectivity index (χ4v) is 1.87. The van der Waals surface area contributed by atoms with Gasteiger partial charge in [-0.15, -0.1) is 0 Å². The Kier molecular flexibility index (Phi) is 3.89. The monoisotopic (exact) mass is 266 g/mol. The first-order chi connectivity index (χ1) is 8.58. The number of aromatic nitrogens is 2. The SMILES string of the molecule is CC(Oc1cccc(Cl)c1)C(O)c1nccn1C. The molecule has 4 nitrogen and oxygen atoms in total. The number of halogens is 1. The molecule has 1 aromatic heterocycles. The lowest BCUT2D eigenvalue weighted by molar-refractivity contribution is 0.0390. The lowest BCUT2D eigenvalue weighted by Crippen LogP contribution is -2.24. The second-order valence-electron chi connectivity index (χ2n) is 4.12. The van der Waals surface area contributed by atoms with Gasteiger partial charge in [0.1, 0.15) is 23.8 Å². The van der Waals surface area contributed by atoms with E-state index >= 15 is 0 Å². The number of imidazole rings is 1. The minimum absolute atomic E-state index is 0.412. The van der Waals surface area contributed by atoms with Gasteiger partial charge in [0.05, 0.1) is 0 Å². The number of hydrogen-bond donors (Lipinski definition) is 1. The van der Waals surface area contributed by atoms with Gasteiger partial charge >= 0.3 is 0 Å². The average Bonchev–Trinajstić information content (AvgIpc) is 2.74. The van der Waals surface area contributed by atoms with Gasteiger partial charge in [-0.05, 0) is 25.1 Å². The van der Waals surface area contributed by atoms with E-state index in [1.54, 1.807) is 48.1 Å². The third-order valence-corrected chi connectivity index (χ3v) is 2.92. The van der Waals surface area contributed by atoms with Crippen LogP contribution in [0.5, 0.6) is 5.75 Å². The van der Waals surface area contributed by atoms with Crippen molar-refractivity contribution in [2.45, 2.75) is 19.1 Å². The number of aliphatic hydroxyl groups excluding tert-OH is 1. The molecule has 1 N–H and O–H groups in total. The molecule has 0 spiro atoms. The number of ether oxygens (including phenoxy) is 1. The van der Waals surface area contributed by atoms with Crippen LogP contribution in [-0.4, -0.2) is 20.8 Å². The molecule has 0 saturated carbocycles. The number of hydrogen-bond acceptors (Lipinski definition) is 3. The second-order valence-corrected chi connectivity index (χ2v) is 4.56. The molecule has 2 atom stereocenters. The molecule has 0 aliphatic heterocycles. The van der Waals surface area contributed by atoms with Crippen LogP contribution in [0.3, 0.4) is 0 Å². The van der Waals surface area contributed by atoms with E-state index in [2.05, 4.69) is 4.98 Å². The smallest absolute Gasteiger partial charge is 0.148 e. The molecule has 2 aromatic rings. The number of rotatable bonds is 4. The number of aliphatic hydroxyl groups is 1. The first-order valence-electron chi connectivity index (χ1n) is 5.65. The molecule has 2 rings (SSSR count). The van der Waals surface area contributed by atoms with Gasteiger partial charge in [-0.2, -0.15) is 0 Å². The maximum Gasteiger partial charge on any atom is 0.148 e. The molecular formula is C13H15ClN2O2. The van der Waals surface area contributed by atoms with Gasteiger partial charge < -0.3 is 14.4 Å². The summed E-state index contributed by atoms with van der Waals surface area (Å²) in [5.74, 6) is 1.20. The summed E-state index contributed by atoms with van der Waals surface area (Å²) in [6.45, 7) is 1.79. The number of nitrogens with zero attached hydrogens (tertiary/aromatic N) is 2. The summed E-state index contributed by atoms with van der Waals surface area (Å²) in [6.07, 6.45) is 2.23. The first-order valence-corrected chi connectivity index (χ1v) is 6.03. The Morgan fingerprint density at radius 2 is 2.22 bits per heavy atom. The molecule has 0 amide bonds. The second kappa shape index (κ2) is 5.42. The van der Waals surface area contributed by atoms with Crippen LogP contribution < -0.4 is 4.74 Å². The van der Waals surface area contributed by atoms with Crippen molar-refractivity contribution in [3.63, 3.8) is 0 Å². The topological polar surface area (TPSA) is 47.3 Å². The zero-order valence-electron chi connectivity index (χ0n) is 10.2. The van der Waals surface area contributed by atoms with Crippen molar-refractivity contribution in [2.24, 2.45) is 7.05 Å². The maximum atomic E-state index is 10.1. The fraction of sp³-hybridized carbons (Fsp3) is 0.308.